The van der Waals surface area contributed by atoms with E-state index in [9.17, 15) is 14.4 Å². The summed E-state index contributed by atoms with van der Waals surface area (Å²) in [4.78, 5) is 38.8. The number of hydrogen-bond donors (Lipinski definition) is 0. The molecule has 1 fully saturated rings. The molecule has 1 rings (SSSR count). The van der Waals surface area contributed by atoms with Gasteiger partial charge in [-0.2, -0.15) is 0 Å². The lowest BCUT2D eigenvalue weighted by Crippen LogP contribution is -2.26. The highest BCUT2D eigenvalue weighted by Gasteiger charge is 2.17. The number of likely N-dealkylation sites (tertiary alicyclic amines) is 1. The highest BCUT2D eigenvalue weighted by atomic mass is 16.7. The second-order valence-electron chi connectivity index (χ2n) is 16.1. The van der Waals surface area contributed by atoms with Crippen molar-refractivity contribution in [1.82, 2.24) is 4.90 Å². The molecule has 0 aromatic carbocycles. The zero-order valence-corrected chi connectivity index (χ0v) is 37.2. The molecule has 1 aliphatic rings. The van der Waals surface area contributed by atoms with Gasteiger partial charge in [0.15, 0.2) is 0 Å². The summed E-state index contributed by atoms with van der Waals surface area (Å²) in [6.07, 6.45) is 27.3. The maximum atomic E-state index is 12.6. The van der Waals surface area contributed by atoms with E-state index in [-0.39, 0.29) is 12.0 Å². The van der Waals surface area contributed by atoms with E-state index >= 15 is 0 Å². The Morgan fingerprint density at radius 1 is 0.569 bits per heavy atom. The molecule has 0 amide bonds. The molecule has 0 bridgehead atoms. The van der Waals surface area contributed by atoms with Crippen LogP contribution in [0.3, 0.4) is 0 Å². The van der Waals surface area contributed by atoms with E-state index in [2.05, 4.69) is 49.4 Å². The average Bonchev–Trinajstić information content (AvgIpc) is 3.73. The Morgan fingerprint density at radius 3 is 1.62 bits per heavy atom. The van der Waals surface area contributed by atoms with Gasteiger partial charge in [-0.25, -0.2) is 14.4 Å². The van der Waals surface area contributed by atoms with E-state index in [1.807, 2.05) is 6.08 Å². The van der Waals surface area contributed by atoms with Gasteiger partial charge in [0, 0.05) is 6.54 Å². The standard InChI is InChI=1S/C48H83NO9/c1-5-8-19-28-43(4)33-40-55-46(50)53-38-26-17-13-11-15-22-31-45(58-48(52)57-42-37-49-35-24-25-36-49)32-23-16-12-14-18-27-39-54-47(51)56-41-34-44(29-20-9-6-2)30-21-10-7-3/h29,43-45H,2,5,7-8,10-19,21-28,30-42H2,1,3-4H3. The van der Waals surface area contributed by atoms with E-state index in [1.165, 1.54) is 44.9 Å². The SMILES string of the molecule is C=C=C=C=CC(CCCCC)CCOC(=O)OCCCCCCCCC(CCCCCCCCOC(=O)OCCC(C)CCCCC)OC(=O)OCCN1CCCC1. The molecule has 0 aromatic rings. The molecular weight excluding hydrogens is 735 g/mol. The molecule has 0 aliphatic carbocycles. The third kappa shape index (κ3) is 33.8. The minimum atomic E-state index is -0.601. The van der Waals surface area contributed by atoms with E-state index in [1.54, 1.807) is 0 Å². The third-order valence-electron chi connectivity index (χ3n) is 10.9. The summed E-state index contributed by atoms with van der Waals surface area (Å²) in [5.74, 6) is 0.841. The highest BCUT2D eigenvalue weighted by molar-refractivity contribution is 5.60. The zero-order valence-electron chi connectivity index (χ0n) is 37.2. The molecule has 3 atom stereocenters. The Bertz CT molecular complexity index is 1140. The van der Waals surface area contributed by atoms with Crippen molar-refractivity contribution in [3.63, 3.8) is 0 Å². The van der Waals surface area contributed by atoms with Gasteiger partial charge in [-0.15, -0.1) is 0 Å². The van der Waals surface area contributed by atoms with E-state index in [0.717, 1.165) is 142 Å². The molecule has 0 saturated carbocycles. The maximum Gasteiger partial charge on any atom is 0.508 e. The molecule has 1 heterocycles. The van der Waals surface area contributed by atoms with Crippen LogP contribution >= 0.6 is 0 Å². The number of carbonyl (C=O) groups is 3. The number of nitrogens with zero attached hydrogens (tertiary/aromatic N) is 1. The van der Waals surface area contributed by atoms with Gasteiger partial charge in [0.2, 0.25) is 0 Å². The van der Waals surface area contributed by atoms with Gasteiger partial charge in [-0.1, -0.05) is 129 Å². The molecule has 0 spiro atoms. The number of unbranched alkanes of at least 4 members (excludes halogenated alkanes) is 14. The predicted octanol–water partition coefficient (Wildman–Crippen LogP) is 13.2. The van der Waals surface area contributed by atoms with E-state index < -0.39 is 18.5 Å². The number of allylic oxidation sites excluding steroid dienone is 1. The first-order valence-corrected chi connectivity index (χ1v) is 23.4. The fourth-order valence-corrected chi connectivity index (χ4v) is 7.16. The van der Waals surface area contributed by atoms with Gasteiger partial charge < -0.3 is 28.4 Å². The van der Waals surface area contributed by atoms with Crippen molar-refractivity contribution in [3.8, 4) is 0 Å². The first-order chi connectivity index (χ1) is 28.4. The molecule has 58 heavy (non-hydrogen) atoms. The number of rotatable bonds is 37. The summed E-state index contributed by atoms with van der Waals surface area (Å²) in [5.41, 5.74) is 8.29. The summed E-state index contributed by atoms with van der Waals surface area (Å²) < 4.78 is 32.4. The zero-order chi connectivity index (χ0) is 42.2. The van der Waals surface area contributed by atoms with Crippen LogP contribution in [0.2, 0.25) is 0 Å². The second-order valence-corrected chi connectivity index (χ2v) is 16.1. The van der Waals surface area contributed by atoms with Crippen LogP contribution in [0.15, 0.2) is 29.8 Å². The van der Waals surface area contributed by atoms with Gasteiger partial charge in [0.1, 0.15) is 12.7 Å². The summed E-state index contributed by atoms with van der Waals surface area (Å²) in [5, 5.41) is 0. The lowest BCUT2D eigenvalue weighted by Gasteiger charge is -2.19. The van der Waals surface area contributed by atoms with Crippen molar-refractivity contribution in [1.29, 1.82) is 0 Å². The summed E-state index contributed by atoms with van der Waals surface area (Å²) >= 11 is 0. The van der Waals surface area contributed by atoms with Crippen LogP contribution in [-0.4, -0.2) is 82.1 Å². The topological polar surface area (TPSA) is 110 Å². The normalized spacial score (nSPS) is 14.0. The van der Waals surface area contributed by atoms with Crippen molar-refractivity contribution < 1.29 is 42.8 Å². The smallest absolute Gasteiger partial charge is 0.434 e. The molecule has 10 heteroatoms. The van der Waals surface area contributed by atoms with Crippen LogP contribution in [0.25, 0.3) is 0 Å². The molecule has 1 saturated heterocycles. The quantitative estimate of drug-likeness (QED) is 0.0260. The van der Waals surface area contributed by atoms with Crippen LogP contribution in [0, 0.1) is 11.8 Å². The molecule has 1 aliphatic heterocycles. The molecule has 0 aromatic heterocycles. The van der Waals surface area contributed by atoms with Gasteiger partial charge in [0.25, 0.3) is 0 Å². The van der Waals surface area contributed by atoms with Gasteiger partial charge >= 0.3 is 18.5 Å². The predicted molar refractivity (Wildman–Crippen MR) is 232 cm³/mol. The fourth-order valence-electron chi connectivity index (χ4n) is 7.16. The average molecular weight is 818 g/mol. The number of hydrogen-bond acceptors (Lipinski definition) is 10. The highest BCUT2D eigenvalue weighted by Crippen LogP contribution is 2.19. The molecule has 10 nitrogen and oxygen atoms in total. The van der Waals surface area contributed by atoms with Crippen LogP contribution in [0.1, 0.15) is 188 Å². The largest absolute Gasteiger partial charge is 0.508 e. The van der Waals surface area contributed by atoms with E-state index in [0.29, 0.717) is 39.0 Å². The Labute approximate surface area is 353 Å². The minimum Gasteiger partial charge on any atom is -0.434 e. The first-order valence-electron chi connectivity index (χ1n) is 23.4. The van der Waals surface area contributed by atoms with Crippen LogP contribution in [0.5, 0.6) is 0 Å². The summed E-state index contributed by atoms with van der Waals surface area (Å²) in [7, 11) is 0. The van der Waals surface area contributed by atoms with Crippen LogP contribution in [0.4, 0.5) is 14.4 Å². The Hall–Kier alpha value is -3.15. The van der Waals surface area contributed by atoms with E-state index in [4.69, 9.17) is 28.4 Å². The Morgan fingerprint density at radius 2 is 1.05 bits per heavy atom. The Balaban J connectivity index is 2.22. The number of ether oxygens (including phenoxy) is 6. The lowest BCUT2D eigenvalue weighted by molar-refractivity contribution is 0.0129. The molecule has 3 unspecified atom stereocenters. The van der Waals surface area contributed by atoms with Crippen LogP contribution in [-0.2, 0) is 28.4 Å². The summed E-state index contributed by atoms with van der Waals surface area (Å²) in [6.45, 7) is 14.9. The monoisotopic (exact) mass is 818 g/mol. The minimum absolute atomic E-state index is 0.138. The van der Waals surface area contributed by atoms with Gasteiger partial charge in [-0.3, -0.25) is 4.90 Å². The molecule has 0 N–H and O–H groups in total. The van der Waals surface area contributed by atoms with Gasteiger partial charge in [0.05, 0.1) is 26.4 Å². The van der Waals surface area contributed by atoms with Crippen molar-refractivity contribution >= 4 is 18.5 Å². The van der Waals surface area contributed by atoms with Crippen molar-refractivity contribution in [2.24, 2.45) is 11.8 Å². The lowest BCUT2D eigenvalue weighted by atomic mass is 9.98. The molecule has 0 radical (unpaired) electrons. The first kappa shape index (κ1) is 52.9. The third-order valence-corrected chi connectivity index (χ3v) is 10.9. The van der Waals surface area contributed by atoms with Crippen molar-refractivity contribution in [2.45, 2.75) is 194 Å². The van der Waals surface area contributed by atoms with Crippen LogP contribution < -0.4 is 0 Å². The fraction of sp³-hybridized carbons (Fsp3) is 0.833. The second kappa shape index (κ2) is 39.3. The van der Waals surface area contributed by atoms with Gasteiger partial charge in [-0.05, 0) is 114 Å². The summed E-state index contributed by atoms with van der Waals surface area (Å²) in [6, 6.07) is 0. The molecular formula is C48H83NO9. The van der Waals surface area contributed by atoms with Crippen molar-refractivity contribution in [3.05, 3.63) is 29.8 Å². The van der Waals surface area contributed by atoms with Crippen molar-refractivity contribution in [2.75, 3.05) is 52.7 Å². The maximum absolute atomic E-state index is 12.6. The molecule has 334 valence electrons. The Kier molecular flexibility index (Phi) is 35.8. The number of carbonyl (C=O) groups excluding carboxylic acids is 3.